The third-order valence-corrected chi connectivity index (χ3v) is 5.62. The molecule has 0 bridgehead atoms. The van der Waals surface area contributed by atoms with Gasteiger partial charge in [0, 0.05) is 0 Å². The third-order valence-electron chi connectivity index (χ3n) is 5.62. The maximum absolute atomic E-state index is 12.3. The minimum absolute atomic E-state index is 0.0389. The number of fused-ring (bicyclic) bond motifs is 1. The first-order chi connectivity index (χ1) is 9.72. The summed E-state index contributed by atoms with van der Waals surface area (Å²) in [6, 6.07) is 0. The van der Waals surface area contributed by atoms with E-state index in [4.69, 9.17) is 9.47 Å². The second-order valence-electron chi connectivity index (χ2n) is 7.16. The van der Waals surface area contributed by atoms with E-state index >= 15 is 0 Å². The number of carbonyl (C=O) groups is 2. The Balaban J connectivity index is 2.36. The summed E-state index contributed by atoms with van der Waals surface area (Å²) >= 11 is 0. The van der Waals surface area contributed by atoms with Crippen molar-refractivity contribution in [3.05, 3.63) is 11.1 Å². The molecule has 0 aromatic carbocycles. The van der Waals surface area contributed by atoms with Gasteiger partial charge in [-0.3, -0.25) is 9.59 Å². The van der Waals surface area contributed by atoms with Gasteiger partial charge in [0.1, 0.15) is 0 Å². The molecule has 118 valence electrons. The van der Waals surface area contributed by atoms with Crippen LogP contribution in [0, 0.1) is 22.7 Å². The standard InChI is InChI=1S/C17H26O4/c1-10(2)13-11-7-8-17(14(18)20-5,15(19)21-6)9-12(11)16(13,3)4/h11-12H,7-9H2,1-6H3. The van der Waals surface area contributed by atoms with E-state index < -0.39 is 17.4 Å². The van der Waals surface area contributed by atoms with Crippen LogP contribution in [0.25, 0.3) is 0 Å². The summed E-state index contributed by atoms with van der Waals surface area (Å²) in [6.07, 6.45) is 1.89. The highest BCUT2D eigenvalue weighted by Crippen LogP contribution is 2.65. The molecule has 2 unspecified atom stereocenters. The predicted molar refractivity (Wildman–Crippen MR) is 79.5 cm³/mol. The summed E-state index contributed by atoms with van der Waals surface area (Å²) < 4.78 is 9.83. The Morgan fingerprint density at radius 2 is 1.62 bits per heavy atom. The lowest BCUT2D eigenvalue weighted by Gasteiger charge is -2.60. The van der Waals surface area contributed by atoms with Crippen LogP contribution in [0.3, 0.4) is 0 Å². The smallest absolute Gasteiger partial charge is 0.323 e. The van der Waals surface area contributed by atoms with E-state index in [1.807, 2.05) is 0 Å². The molecule has 2 aliphatic carbocycles. The lowest BCUT2D eigenvalue weighted by Crippen LogP contribution is -2.57. The number of rotatable bonds is 2. The molecular formula is C17H26O4. The average molecular weight is 294 g/mol. The number of methoxy groups -OCH3 is 2. The van der Waals surface area contributed by atoms with Gasteiger partial charge in [-0.15, -0.1) is 0 Å². The Hall–Kier alpha value is -1.32. The van der Waals surface area contributed by atoms with Crippen molar-refractivity contribution in [3.8, 4) is 0 Å². The van der Waals surface area contributed by atoms with Gasteiger partial charge in [0.05, 0.1) is 14.2 Å². The van der Waals surface area contributed by atoms with Crippen molar-refractivity contribution in [1.29, 1.82) is 0 Å². The van der Waals surface area contributed by atoms with Gasteiger partial charge >= 0.3 is 11.9 Å². The molecule has 2 rings (SSSR count). The second kappa shape index (κ2) is 5.15. The molecule has 2 saturated carbocycles. The maximum Gasteiger partial charge on any atom is 0.323 e. The lowest BCUT2D eigenvalue weighted by atomic mass is 9.43. The van der Waals surface area contributed by atoms with Crippen molar-refractivity contribution in [2.75, 3.05) is 14.2 Å². The fourth-order valence-electron chi connectivity index (χ4n) is 4.77. The lowest BCUT2D eigenvalue weighted by molar-refractivity contribution is -0.178. The summed E-state index contributed by atoms with van der Waals surface area (Å²) in [7, 11) is 2.68. The van der Waals surface area contributed by atoms with Gasteiger partial charge in [-0.25, -0.2) is 0 Å². The minimum Gasteiger partial charge on any atom is -0.468 e. The molecule has 21 heavy (non-hydrogen) atoms. The molecule has 2 aliphatic rings. The van der Waals surface area contributed by atoms with E-state index in [-0.39, 0.29) is 5.41 Å². The highest BCUT2D eigenvalue weighted by atomic mass is 16.5. The molecule has 0 aromatic rings. The zero-order chi connectivity index (χ0) is 16.0. The van der Waals surface area contributed by atoms with Gasteiger partial charge in [-0.1, -0.05) is 25.0 Å². The number of hydrogen-bond acceptors (Lipinski definition) is 4. The molecular weight excluding hydrogens is 268 g/mol. The van der Waals surface area contributed by atoms with Crippen molar-refractivity contribution in [1.82, 2.24) is 0 Å². The Morgan fingerprint density at radius 1 is 1.10 bits per heavy atom. The van der Waals surface area contributed by atoms with Gasteiger partial charge in [0.2, 0.25) is 0 Å². The van der Waals surface area contributed by atoms with Crippen LogP contribution >= 0.6 is 0 Å². The molecule has 0 amide bonds. The van der Waals surface area contributed by atoms with Gasteiger partial charge in [-0.2, -0.15) is 0 Å². The van der Waals surface area contributed by atoms with Crippen molar-refractivity contribution < 1.29 is 19.1 Å². The van der Waals surface area contributed by atoms with Gasteiger partial charge < -0.3 is 9.47 Å². The van der Waals surface area contributed by atoms with Crippen molar-refractivity contribution in [2.24, 2.45) is 22.7 Å². The van der Waals surface area contributed by atoms with E-state index in [1.165, 1.54) is 25.4 Å². The SMILES string of the molecule is COC(=O)C1(C(=O)OC)CCC2C(=C(C)C)C(C)(C)C2C1. The van der Waals surface area contributed by atoms with Crippen LogP contribution in [0.4, 0.5) is 0 Å². The van der Waals surface area contributed by atoms with Crippen LogP contribution in [-0.2, 0) is 19.1 Å². The Morgan fingerprint density at radius 3 is 2.05 bits per heavy atom. The monoisotopic (exact) mass is 294 g/mol. The first-order valence-electron chi connectivity index (χ1n) is 7.57. The van der Waals surface area contributed by atoms with Crippen LogP contribution in [0.5, 0.6) is 0 Å². The molecule has 2 fully saturated rings. The highest BCUT2D eigenvalue weighted by Gasteiger charge is 2.62. The fraction of sp³-hybridized carbons (Fsp3) is 0.765. The van der Waals surface area contributed by atoms with Crippen molar-refractivity contribution in [2.45, 2.75) is 47.0 Å². The molecule has 2 atom stereocenters. The number of carbonyl (C=O) groups excluding carboxylic acids is 2. The Kier molecular flexibility index (Phi) is 3.94. The Bertz CT molecular complexity index is 481. The van der Waals surface area contributed by atoms with Crippen LogP contribution in [0.2, 0.25) is 0 Å². The van der Waals surface area contributed by atoms with E-state index in [0.717, 1.165) is 6.42 Å². The van der Waals surface area contributed by atoms with E-state index in [0.29, 0.717) is 24.7 Å². The summed E-state index contributed by atoms with van der Waals surface area (Å²) in [4.78, 5) is 24.5. The number of esters is 2. The second-order valence-corrected chi connectivity index (χ2v) is 7.16. The Labute approximate surface area is 126 Å². The zero-order valence-electron chi connectivity index (χ0n) is 13.9. The summed E-state index contributed by atoms with van der Waals surface area (Å²) in [5.74, 6) is -0.0784. The van der Waals surface area contributed by atoms with Gasteiger partial charge in [0.15, 0.2) is 5.41 Å². The van der Waals surface area contributed by atoms with Crippen LogP contribution < -0.4 is 0 Å². The molecule has 0 saturated heterocycles. The van der Waals surface area contributed by atoms with E-state index in [2.05, 4.69) is 27.7 Å². The summed E-state index contributed by atoms with van der Waals surface area (Å²) in [5, 5.41) is 0. The first kappa shape index (κ1) is 16.1. The van der Waals surface area contributed by atoms with Crippen molar-refractivity contribution in [3.63, 3.8) is 0 Å². The quantitative estimate of drug-likeness (QED) is 0.446. The van der Waals surface area contributed by atoms with E-state index in [1.54, 1.807) is 0 Å². The normalized spacial score (nSPS) is 29.0. The number of hydrogen-bond donors (Lipinski definition) is 0. The zero-order valence-corrected chi connectivity index (χ0v) is 13.9. The van der Waals surface area contributed by atoms with Crippen LogP contribution in [0.1, 0.15) is 47.0 Å². The molecule has 4 heteroatoms. The van der Waals surface area contributed by atoms with E-state index in [9.17, 15) is 9.59 Å². The number of ether oxygens (including phenoxy) is 2. The van der Waals surface area contributed by atoms with Crippen LogP contribution in [-0.4, -0.2) is 26.2 Å². The molecule has 0 N–H and O–H groups in total. The van der Waals surface area contributed by atoms with Gasteiger partial charge in [-0.05, 0) is 50.4 Å². The molecule has 0 spiro atoms. The molecule has 0 radical (unpaired) electrons. The predicted octanol–water partition coefficient (Wildman–Crippen LogP) is 3.11. The molecule has 0 heterocycles. The fourth-order valence-corrected chi connectivity index (χ4v) is 4.77. The maximum atomic E-state index is 12.3. The van der Waals surface area contributed by atoms with Gasteiger partial charge in [0.25, 0.3) is 0 Å². The largest absolute Gasteiger partial charge is 0.468 e. The molecule has 0 aliphatic heterocycles. The average Bonchev–Trinajstić information content (AvgIpc) is 2.44. The van der Waals surface area contributed by atoms with Crippen LogP contribution in [0.15, 0.2) is 11.1 Å². The van der Waals surface area contributed by atoms with Crippen molar-refractivity contribution >= 4 is 11.9 Å². The summed E-state index contributed by atoms with van der Waals surface area (Å²) in [6.45, 7) is 8.72. The molecule has 4 nitrogen and oxygen atoms in total. The highest BCUT2D eigenvalue weighted by molar-refractivity contribution is 6.00. The third kappa shape index (κ3) is 2.11. The number of allylic oxidation sites excluding steroid dienone is 2. The molecule has 0 aromatic heterocycles. The topological polar surface area (TPSA) is 52.6 Å². The summed E-state index contributed by atoms with van der Waals surface area (Å²) in [5.41, 5.74) is 1.78. The first-order valence-corrected chi connectivity index (χ1v) is 7.57. The minimum atomic E-state index is -1.12.